The Hall–Kier alpha value is -1.44. The molecule has 0 spiro atoms. The van der Waals surface area contributed by atoms with Crippen molar-refractivity contribution in [2.24, 2.45) is 0 Å². The maximum atomic E-state index is 6.13. The first-order valence-electron chi connectivity index (χ1n) is 5.57. The van der Waals surface area contributed by atoms with E-state index in [0.29, 0.717) is 26.8 Å². The number of hydrogen-bond donors (Lipinski definition) is 1. The lowest BCUT2D eigenvalue weighted by Crippen LogP contribution is -1.98. The van der Waals surface area contributed by atoms with E-state index in [9.17, 15) is 0 Å². The summed E-state index contributed by atoms with van der Waals surface area (Å²) < 4.78 is 8.22. The van der Waals surface area contributed by atoms with E-state index in [2.05, 4.69) is 30.9 Å². The first-order chi connectivity index (χ1) is 9.63. The number of imidazole rings is 1. The van der Waals surface area contributed by atoms with Gasteiger partial charge in [0.1, 0.15) is 11.8 Å². The molecule has 5 nitrogen and oxygen atoms in total. The van der Waals surface area contributed by atoms with E-state index in [1.807, 2.05) is 12.1 Å². The number of rotatable bonds is 2. The lowest BCUT2D eigenvalue weighted by atomic mass is 10.3. The standard InChI is InChI=1S/C12H8BrClN4OS/c1-19-11-9-10(15-5-16-11)18(12(20)17-9)7-4-2-3-6(14)8(7)13/h2-5H,1H3,(H,17,20). The number of hydrogen-bond acceptors (Lipinski definition) is 4. The van der Waals surface area contributed by atoms with Gasteiger partial charge >= 0.3 is 0 Å². The average molecular weight is 372 g/mol. The van der Waals surface area contributed by atoms with Crippen LogP contribution in [0, 0.1) is 4.77 Å². The normalized spacial score (nSPS) is 10.9. The van der Waals surface area contributed by atoms with Gasteiger partial charge in [0.2, 0.25) is 5.88 Å². The molecule has 0 saturated heterocycles. The van der Waals surface area contributed by atoms with Gasteiger partial charge in [0.15, 0.2) is 10.4 Å². The quantitative estimate of drug-likeness (QED) is 0.694. The smallest absolute Gasteiger partial charge is 0.242 e. The largest absolute Gasteiger partial charge is 0.479 e. The number of nitrogens with zero attached hydrogens (tertiary/aromatic N) is 3. The highest BCUT2D eigenvalue weighted by atomic mass is 79.9. The van der Waals surface area contributed by atoms with E-state index in [1.165, 1.54) is 6.33 Å². The Bertz CT molecular complexity index is 860. The van der Waals surface area contributed by atoms with E-state index >= 15 is 0 Å². The molecule has 3 aromatic rings. The molecular weight excluding hydrogens is 364 g/mol. The zero-order valence-electron chi connectivity index (χ0n) is 10.2. The number of fused-ring (bicyclic) bond motifs is 1. The average Bonchev–Trinajstić information content (AvgIpc) is 2.78. The second kappa shape index (κ2) is 5.16. The summed E-state index contributed by atoms with van der Waals surface area (Å²) in [5, 5.41) is 0.597. The molecule has 0 fully saturated rings. The number of benzene rings is 1. The molecule has 1 aromatic carbocycles. The Kier molecular flexibility index (Phi) is 3.49. The fourth-order valence-electron chi connectivity index (χ4n) is 1.94. The zero-order valence-corrected chi connectivity index (χ0v) is 13.4. The summed E-state index contributed by atoms with van der Waals surface area (Å²) in [4.78, 5) is 11.4. The summed E-state index contributed by atoms with van der Waals surface area (Å²) in [5.41, 5.74) is 2.08. The molecule has 20 heavy (non-hydrogen) atoms. The van der Waals surface area contributed by atoms with Crippen LogP contribution in [-0.2, 0) is 0 Å². The summed E-state index contributed by atoms with van der Waals surface area (Å²) in [6.45, 7) is 0. The summed E-state index contributed by atoms with van der Waals surface area (Å²) in [7, 11) is 1.55. The molecule has 0 unspecified atom stereocenters. The Balaban J connectivity index is 2.40. The SMILES string of the molecule is COc1ncnc2c1[nH]c(=S)n2-c1cccc(Cl)c1Br. The third kappa shape index (κ3) is 2.02. The summed E-state index contributed by atoms with van der Waals surface area (Å²) >= 11 is 15.0. The van der Waals surface area contributed by atoms with E-state index in [0.717, 1.165) is 10.2 Å². The molecule has 0 aliphatic rings. The predicted molar refractivity (Wildman–Crippen MR) is 83.3 cm³/mol. The van der Waals surface area contributed by atoms with Crippen molar-refractivity contribution in [1.82, 2.24) is 19.5 Å². The van der Waals surface area contributed by atoms with Crippen LogP contribution in [0.5, 0.6) is 5.88 Å². The van der Waals surface area contributed by atoms with Crippen LogP contribution in [0.2, 0.25) is 5.02 Å². The summed E-state index contributed by atoms with van der Waals surface area (Å²) in [5.74, 6) is 0.443. The molecule has 2 heterocycles. The van der Waals surface area contributed by atoms with Crippen molar-refractivity contribution in [3.05, 3.63) is 38.8 Å². The molecule has 0 amide bonds. The first-order valence-corrected chi connectivity index (χ1v) is 7.15. The molecule has 2 aromatic heterocycles. The Morgan fingerprint density at radius 3 is 2.95 bits per heavy atom. The van der Waals surface area contributed by atoms with E-state index in [4.69, 9.17) is 28.6 Å². The first kappa shape index (κ1) is 13.5. The van der Waals surface area contributed by atoms with Crippen molar-refractivity contribution in [1.29, 1.82) is 0 Å². The molecule has 1 N–H and O–H groups in total. The van der Waals surface area contributed by atoms with Gasteiger partial charge in [0.25, 0.3) is 0 Å². The van der Waals surface area contributed by atoms with Gasteiger partial charge in [0, 0.05) is 0 Å². The number of methoxy groups -OCH3 is 1. The summed E-state index contributed by atoms with van der Waals surface area (Å²) in [6.07, 6.45) is 1.43. The zero-order chi connectivity index (χ0) is 14.3. The third-order valence-corrected chi connectivity index (χ3v) is 4.47. The van der Waals surface area contributed by atoms with Crippen molar-refractivity contribution >= 4 is 50.9 Å². The topological polar surface area (TPSA) is 55.7 Å². The van der Waals surface area contributed by atoms with Crippen molar-refractivity contribution in [2.45, 2.75) is 0 Å². The van der Waals surface area contributed by atoms with Gasteiger partial charge in [0.05, 0.1) is 22.3 Å². The second-order valence-electron chi connectivity index (χ2n) is 3.92. The lowest BCUT2D eigenvalue weighted by molar-refractivity contribution is 0.401. The van der Waals surface area contributed by atoms with Gasteiger partial charge in [-0.05, 0) is 40.3 Å². The minimum atomic E-state index is 0.443. The molecule has 3 rings (SSSR count). The van der Waals surface area contributed by atoms with Gasteiger partial charge in [-0.3, -0.25) is 4.57 Å². The fraction of sp³-hybridized carbons (Fsp3) is 0.0833. The molecule has 8 heteroatoms. The number of nitrogens with one attached hydrogen (secondary N) is 1. The van der Waals surface area contributed by atoms with Crippen LogP contribution in [0.25, 0.3) is 16.9 Å². The van der Waals surface area contributed by atoms with E-state index in [1.54, 1.807) is 17.7 Å². The van der Waals surface area contributed by atoms with Gasteiger partial charge < -0.3 is 9.72 Å². The van der Waals surface area contributed by atoms with Gasteiger partial charge in [-0.1, -0.05) is 17.7 Å². The monoisotopic (exact) mass is 370 g/mol. The highest BCUT2D eigenvalue weighted by Crippen LogP contribution is 2.32. The predicted octanol–water partition coefficient (Wildman–Crippen LogP) is 3.90. The Morgan fingerprint density at radius 2 is 2.20 bits per heavy atom. The maximum absolute atomic E-state index is 6.13. The van der Waals surface area contributed by atoms with Crippen LogP contribution in [0.3, 0.4) is 0 Å². The number of aromatic amines is 1. The van der Waals surface area contributed by atoms with Crippen molar-refractivity contribution in [3.8, 4) is 11.6 Å². The highest BCUT2D eigenvalue weighted by molar-refractivity contribution is 9.10. The van der Waals surface area contributed by atoms with Crippen LogP contribution in [-0.4, -0.2) is 26.6 Å². The van der Waals surface area contributed by atoms with Crippen LogP contribution in [0.15, 0.2) is 29.0 Å². The van der Waals surface area contributed by atoms with Gasteiger partial charge in [-0.25, -0.2) is 4.98 Å². The number of H-pyrrole nitrogens is 1. The Morgan fingerprint density at radius 1 is 1.40 bits per heavy atom. The van der Waals surface area contributed by atoms with Crippen molar-refractivity contribution < 1.29 is 4.74 Å². The molecule has 0 aliphatic carbocycles. The molecule has 0 bridgehead atoms. The maximum Gasteiger partial charge on any atom is 0.242 e. The molecule has 102 valence electrons. The van der Waals surface area contributed by atoms with E-state index in [-0.39, 0.29) is 0 Å². The lowest BCUT2D eigenvalue weighted by Gasteiger charge is -2.07. The van der Waals surface area contributed by atoms with E-state index < -0.39 is 0 Å². The second-order valence-corrected chi connectivity index (χ2v) is 5.51. The molecule has 0 saturated carbocycles. The minimum Gasteiger partial charge on any atom is -0.479 e. The highest BCUT2D eigenvalue weighted by Gasteiger charge is 2.15. The van der Waals surface area contributed by atoms with Crippen LogP contribution < -0.4 is 4.74 Å². The Labute approximate surface area is 132 Å². The van der Waals surface area contributed by atoms with Crippen LogP contribution >= 0.6 is 39.7 Å². The van der Waals surface area contributed by atoms with Crippen LogP contribution in [0.4, 0.5) is 0 Å². The summed E-state index contributed by atoms with van der Waals surface area (Å²) in [6, 6.07) is 5.54. The molecule has 0 atom stereocenters. The van der Waals surface area contributed by atoms with Gasteiger partial charge in [-0.2, -0.15) is 4.98 Å². The van der Waals surface area contributed by atoms with Crippen molar-refractivity contribution in [2.75, 3.05) is 7.11 Å². The molecule has 0 radical (unpaired) electrons. The fourth-order valence-corrected chi connectivity index (χ4v) is 2.84. The number of halogens is 2. The molecule has 0 aliphatic heterocycles. The third-order valence-electron chi connectivity index (χ3n) is 2.80. The minimum absolute atomic E-state index is 0.443. The number of ether oxygens (including phenoxy) is 1. The number of aromatic nitrogens is 4. The van der Waals surface area contributed by atoms with Gasteiger partial charge in [-0.15, -0.1) is 0 Å². The molecular formula is C12H8BrClN4OS. The van der Waals surface area contributed by atoms with Crippen LogP contribution in [0.1, 0.15) is 0 Å². The van der Waals surface area contributed by atoms with Crippen molar-refractivity contribution in [3.63, 3.8) is 0 Å².